The van der Waals surface area contributed by atoms with Crippen molar-refractivity contribution >= 4 is 32.7 Å². The molecule has 5 nitrogen and oxygen atoms in total. The lowest BCUT2D eigenvalue weighted by Crippen LogP contribution is -2.41. The van der Waals surface area contributed by atoms with Crippen LogP contribution in [0.2, 0.25) is 0 Å². The van der Waals surface area contributed by atoms with Gasteiger partial charge in [0.1, 0.15) is 32.9 Å². The van der Waals surface area contributed by atoms with Crippen molar-refractivity contribution in [1.82, 2.24) is 0 Å². The minimum atomic E-state index is 0.928. The fourth-order valence-corrected chi connectivity index (χ4v) is 9.43. The van der Waals surface area contributed by atoms with Crippen molar-refractivity contribution in [2.24, 2.45) is 28.2 Å². The van der Waals surface area contributed by atoms with E-state index in [1.165, 1.54) is 116 Å². The highest BCUT2D eigenvalue weighted by molar-refractivity contribution is 7.21. The minimum Gasteiger partial charge on any atom is -0.393 e. The summed E-state index contributed by atoms with van der Waals surface area (Å²) in [6, 6.07) is 0. The van der Waals surface area contributed by atoms with Crippen molar-refractivity contribution in [2.45, 2.75) is 111 Å². The fraction of sp³-hybridized carbons (Fsp3) is 0.455. The number of oxazole rings is 1. The van der Waals surface area contributed by atoms with Crippen LogP contribution in [0.1, 0.15) is 89.3 Å². The van der Waals surface area contributed by atoms with Crippen LogP contribution >= 0.6 is 11.3 Å². The Morgan fingerprint density at radius 3 is 1.28 bits per heavy atom. The second-order valence-corrected chi connectivity index (χ2v) is 16.0. The molecule has 0 bridgehead atoms. The number of nitrogens with zero attached hydrogens (tertiary/aromatic N) is 4. The molecule has 50 heavy (non-hydrogen) atoms. The second kappa shape index (κ2) is 13.0. The smallest absolute Gasteiger partial charge is 0.393 e. The summed E-state index contributed by atoms with van der Waals surface area (Å²) in [5.41, 5.74) is 27.8. The number of rotatable bonds is 2. The zero-order valence-corrected chi connectivity index (χ0v) is 35.4. The lowest BCUT2D eigenvalue weighted by atomic mass is 9.98. The van der Waals surface area contributed by atoms with Crippen LogP contribution in [0.3, 0.4) is 0 Å². The Morgan fingerprint density at radius 1 is 0.360 bits per heavy atom. The maximum absolute atomic E-state index is 6.49. The summed E-state index contributed by atoms with van der Waals surface area (Å²) in [6.45, 7) is 35.5. The van der Waals surface area contributed by atoms with Gasteiger partial charge in [0.15, 0.2) is 11.4 Å². The quantitative estimate of drug-likeness (QED) is 0.167. The van der Waals surface area contributed by atoms with Crippen molar-refractivity contribution in [2.75, 3.05) is 0 Å². The molecule has 0 amide bonds. The van der Waals surface area contributed by atoms with E-state index in [9.17, 15) is 0 Å². The Labute approximate surface area is 304 Å². The molecule has 0 atom stereocenters. The monoisotopic (exact) mass is 692 g/mol. The normalized spacial score (nSPS) is 11.6. The molecule has 6 rings (SSSR count). The van der Waals surface area contributed by atoms with Crippen LogP contribution in [0.4, 0.5) is 0 Å². The topological polar surface area (TPSA) is 28.7 Å². The molecule has 2 aromatic carbocycles. The van der Waals surface area contributed by atoms with E-state index >= 15 is 0 Å². The lowest BCUT2D eigenvalue weighted by Gasteiger charge is -2.10. The maximum Gasteiger partial charge on any atom is 0.448 e. The first-order valence-electron chi connectivity index (χ1n) is 17.9. The van der Waals surface area contributed by atoms with Gasteiger partial charge in [0.05, 0.1) is 0 Å². The highest BCUT2D eigenvalue weighted by Crippen LogP contribution is 2.37. The molecule has 6 aromatic rings. The lowest BCUT2D eigenvalue weighted by molar-refractivity contribution is -0.687. The van der Waals surface area contributed by atoms with Crippen molar-refractivity contribution in [3.05, 3.63) is 89.3 Å². The van der Waals surface area contributed by atoms with Crippen LogP contribution in [-0.2, 0) is 28.2 Å². The summed E-state index contributed by atoms with van der Waals surface area (Å²) in [7, 11) is 8.67. The van der Waals surface area contributed by atoms with Crippen LogP contribution < -0.4 is 18.3 Å². The van der Waals surface area contributed by atoms with Crippen molar-refractivity contribution in [1.29, 1.82) is 0 Å². The van der Waals surface area contributed by atoms with Gasteiger partial charge in [0.25, 0.3) is 11.2 Å². The van der Waals surface area contributed by atoms with Crippen molar-refractivity contribution in [3.8, 4) is 22.3 Å². The van der Waals surface area contributed by atoms with Gasteiger partial charge in [0.2, 0.25) is 11.1 Å². The van der Waals surface area contributed by atoms with Gasteiger partial charge < -0.3 is 4.42 Å². The molecule has 0 saturated carbocycles. The molecule has 0 aliphatic rings. The van der Waals surface area contributed by atoms with Gasteiger partial charge in [0, 0.05) is 52.8 Å². The first-order valence-corrected chi connectivity index (χ1v) is 18.7. The minimum absolute atomic E-state index is 0.928. The van der Waals surface area contributed by atoms with E-state index in [0.29, 0.717) is 0 Å². The largest absolute Gasteiger partial charge is 0.448 e. The molecular formula is C44H60N4OS+4. The molecule has 0 aliphatic carbocycles. The van der Waals surface area contributed by atoms with Gasteiger partial charge in [-0.25, -0.2) is 0 Å². The van der Waals surface area contributed by atoms with Gasteiger partial charge in [-0.05, 0) is 136 Å². The molecular weight excluding hydrogens is 633 g/mol. The van der Waals surface area contributed by atoms with E-state index < -0.39 is 0 Å². The van der Waals surface area contributed by atoms with E-state index in [4.69, 9.17) is 4.42 Å². The van der Waals surface area contributed by atoms with Gasteiger partial charge in [-0.3, -0.25) is 0 Å². The zero-order chi connectivity index (χ0) is 37.6. The fourth-order valence-electron chi connectivity index (χ4n) is 7.93. The molecule has 6 heteroatoms. The first-order chi connectivity index (χ1) is 23.2. The number of hydrogen-bond donors (Lipinski definition) is 0. The second-order valence-electron chi connectivity index (χ2n) is 15.0. The molecule has 0 unspecified atom stereocenters. The summed E-state index contributed by atoms with van der Waals surface area (Å²) in [5.74, 6) is 0.928. The Morgan fingerprint density at radius 2 is 0.760 bits per heavy atom. The number of aromatic nitrogens is 4. The number of pyridine rings is 2. The van der Waals surface area contributed by atoms with Crippen LogP contribution in [0, 0.1) is 111 Å². The average molecular weight is 693 g/mol. The number of hydrogen-bond acceptors (Lipinski definition) is 2. The Hall–Kier alpha value is -3.90. The predicted molar refractivity (Wildman–Crippen MR) is 209 cm³/mol. The highest BCUT2D eigenvalue weighted by Gasteiger charge is 2.36. The van der Waals surface area contributed by atoms with Crippen LogP contribution in [0.5, 0.6) is 0 Å². The third-order valence-electron chi connectivity index (χ3n) is 13.0. The van der Waals surface area contributed by atoms with E-state index in [2.05, 4.69) is 157 Å². The number of aryl methyl sites for hydroxylation is 6. The van der Waals surface area contributed by atoms with Crippen molar-refractivity contribution in [3.63, 3.8) is 0 Å². The number of benzene rings is 2. The van der Waals surface area contributed by atoms with E-state index in [-0.39, 0.29) is 0 Å². The molecule has 4 aromatic heterocycles. The molecule has 4 heterocycles. The molecule has 264 valence electrons. The first kappa shape index (κ1) is 37.4. The van der Waals surface area contributed by atoms with Gasteiger partial charge >= 0.3 is 16.6 Å². The molecule has 0 spiro atoms. The van der Waals surface area contributed by atoms with E-state index in [0.717, 1.165) is 17.2 Å². The van der Waals surface area contributed by atoms with Gasteiger partial charge in [-0.1, -0.05) is 11.3 Å². The Balaban J connectivity index is 0.000000194. The van der Waals surface area contributed by atoms with Crippen LogP contribution in [0.25, 0.3) is 43.6 Å². The van der Waals surface area contributed by atoms with E-state index in [1.54, 1.807) is 0 Å². The molecule has 0 radical (unpaired) electrons. The van der Waals surface area contributed by atoms with Crippen LogP contribution in [0.15, 0.2) is 4.42 Å². The van der Waals surface area contributed by atoms with Crippen molar-refractivity contribution < 1.29 is 22.7 Å². The van der Waals surface area contributed by atoms with Gasteiger partial charge in [-0.15, -0.1) is 0 Å². The van der Waals surface area contributed by atoms with Crippen LogP contribution in [-0.4, -0.2) is 0 Å². The standard InChI is InChI=1S/C22H30N2O.C22H30N2S/c2*1-11-12(2)17(7)21-19(15(11)5)24(10)22(25-21)20-16(6)13(3)14(4)18(8)23(20)9/h2*1-10H3/q2*+2. The molecule has 0 N–H and O–H groups in total. The predicted octanol–water partition coefficient (Wildman–Crippen LogP) is 8.90. The Bertz CT molecular complexity index is 2190. The molecule has 0 aliphatic heterocycles. The summed E-state index contributed by atoms with van der Waals surface area (Å²) < 4.78 is 17.2. The summed E-state index contributed by atoms with van der Waals surface area (Å²) in [6.07, 6.45) is 0. The Kier molecular flexibility index (Phi) is 9.72. The summed E-state index contributed by atoms with van der Waals surface area (Å²) in [5, 5.41) is 1.34. The molecule has 0 fully saturated rings. The maximum atomic E-state index is 6.49. The number of fused-ring (bicyclic) bond motifs is 2. The summed E-state index contributed by atoms with van der Waals surface area (Å²) >= 11 is 1.93. The third-order valence-corrected chi connectivity index (χ3v) is 14.4. The van der Waals surface area contributed by atoms with Gasteiger partial charge in [-0.2, -0.15) is 18.3 Å². The molecule has 0 saturated heterocycles. The highest BCUT2D eigenvalue weighted by atomic mass is 32.1. The van der Waals surface area contributed by atoms with E-state index in [1.807, 2.05) is 11.3 Å². The SMILES string of the molecule is Cc1c(C)c(C)[n+](C)c(-c2oc3c(C)c(C)c(C)c(C)c3[n+]2C)c1C.Cc1c(C)c(C)[n+](C)c(-c2sc3c(C)c(C)c(C)c(C)c3[n+]2C)c1C. The number of thiazole rings is 1. The average Bonchev–Trinajstić information content (AvgIpc) is 3.61. The zero-order valence-electron chi connectivity index (χ0n) is 34.6. The summed E-state index contributed by atoms with van der Waals surface area (Å²) in [4.78, 5) is 0. The third kappa shape index (κ3) is 5.32.